The summed E-state index contributed by atoms with van der Waals surface area (Å²) in [6.45, 7) is 9.51. The van der Waals surface area contributed by atoms with Crippen molar-refractivity contribution in [1.29, 1.82) is 0 Å². The minimum atomic E-state index is 0.0510. The number of nitrogens with zero attached hydrogens (tertiary/aromatic N) is 1. The van der Waals surface area contributed by atoms with E-state index in [1.807, 2.05) is 12.4 Å². The molecule has 1 aliphatic rings. The fraction of sp³-hybridized carbons (Fsp3) is 0.0870. The van der Waals surface area contributed by atoms with Crippen molar-refractivity contribution < 1.29 is 5.21 Å². The quantitative estimate of drug-likeness (QED) is 0.438. The highest BCUT2D eigenvalue weighted by Gasteiger charge is 2.23. The molecule has 0 fully saturated rings. The van der Waals surface area contributed by atoms with Gasteiger partial charge in [-0.1, -0.05) is 79.9 Å². The molecule has 2 aromatic carbocycles. The Bertz CT molecular complexity index is 885. The fourth-order valence-corrected chi connectivity index (χ4v) is 3.21. The maximum atomic E-state index is 9.05. The molecule has 0 saturated heterocycles. The summed E-state index contributed by atoms with van der Waals surface area (Å²) in [5.41, 5.74) is 8.84. The number of hydrogen-bond donors (Lipinski definition) is 2. The molecule has 0 atom stereocenters. The molecule has 0 saturated carbocycles. The van der Waals surface area contributed by atoms with E-state index >= 15 is 0 Å². The average molecular weight is 342 g/mol. The van der Waals surface area contributed by atoms with Gasteiger partial charge in [-0.25, -0.2) is 0 Å². The minimum Gasteiger partial charge on any atom is -0.291 e. The summed E-state index contributed by atoms with van der Waals surface area (Å²) >= 11 is 0. The third kappa shape index (κ3) is 3.44. The predicted molar refractivity (Wildman–Crippen MR) is 109 cm³/mol. The van der Waals surface area contributed by atoms with E-state index in [1.54, 1.807) is 12.3 Å². The van der Waals surface area contributed by atoms with E-state index in [1.165, 1.54) is 22.3 Å². The first-order chi connectivity index (χ1) is 12.7. The molecular formula is C23H22N2O. The smallest absolute Gasteiger partial charge is 0.0617 e. The van der Waals surface area contributed by atoms with E-state index < -0.39 is 0 Å². The number of hydroxylamine groups is 1. The van der Waals surface area contributed by atoms with Gasteiger partial charge in [-0.05, 0) is 29.2 Å². The second-order valence-corrected chi connectivity index (χ2v) is 6.17. The van der Waals surface area contributed by atoms with E-state index in [-0.39, 0.29) is 5.92 Å². The maximum absolute atomic E-state index is 9.05. The molecule has 0 amide bonds. The van der Waals surface area contributed by atoms with Gasteiger partial charge in [0, 0.05) is 23.4 Å². The van der Waals surface area contributed by atoms with Crippen LogP contribution < -0.4 is 5.48 Å². The van der Waals surface area contributed by atoms with Gasteiger partial charge < -0.3 is 0 Å². The lowest BCUT2D eigenvalue weighted by atomic mass is 9.84. The summed E-state index contributed by atoms with van der Waals surface area (Å²) in [6, 6.07) is 16.8. The molecule has 0 spiro atoms. The standard InChI is InChI=1S/C23H22N2O/c1-4-18(16(2)25-26)15-24-17(3)23-21-11-7-5-9-19(21)13-14-20-10-6-8-12-22(20)23/h4-15,23,25-26H,1-2H2,3H3/b18-15+,24-17?. The topological polar surface area (TPSA) is 44.6 Å². The lowest BCUT2D eigenvalue weighted by Gasteiger charge is -2.20. The SMILES string of the molecule is C=C/C(=C\N=C(C)C1c2ccccc2C=Cc2ccccc21)C(=C)NO. The highest BCUT2D eigenvalue weighted by Crippen LogP contribution is 2.35. The van der Waals surface area contributed by atoms with Crippen LogP contribution in [0.2, 0.25) is 0 Å². The Morgan fingerprint density at radius 3 is 2.08 bits per heavy atom. The zero-order valence-electron chi connectivity index (χ0n) is 14.8. The summed E-state index contributed by atoms with van der Waals surface area (Å²) in [5, 5.41) is 9.05. The molecule has 26 heavy (non-hydrogen) atoms. The van der Waals surface area contributed by atoms with Crippen molar-refractivity contribution in [2.75, 3.05) is 0 Å². The van der Waals surface area contributed by atoms with Crippen LogP contribution in [0.25, 0.3) is 12.2 Å². The summed E-state index contributed by atoms with van der Waals surface area (Å²) < 4.78 is 0. The number of allylic oxidation sites excluding steroid dienone is 1. The zero-order chi connectivity index (χ0) is 18.5. The van der Waals surface area contributed by atoms with Crippen LogP contribution >= 0.6 is 0 Å². The maximum Gasteiger partial charge on any atom is 0.0617 e. The van der Waals surface area contributed by atoms with Crippen molar-refractivity contribution in [3.8, 4) is 0 Å². The third-order valence-corrected chi connectivity index (χ3v) is 4.58. The Labute approximate surface area is 154 Å². The van der Waals surface area contributed by atoms with Crippen LogP contribution in [0, 0.1) is 0 Å². The zero-order valence-corrected chi connectivity index (χ0v) is 14.8. The second-order valence-electron chi connectivity index (χ2n) is 6.17. The lowest BCUT2D eigenvalue weighted by molar-refractivity contribution is 0.204. The van der Waals surface area contributed by atoms with E-state index in [9.17, 15) is 0 Å². The van der Waals surface area contributed by atoms with Crippen LogP contribution in [-0.2, 0) is 0 Å². The van der Waals surface area contributed by atoms with Crippen molar-refractivity contribution in [2.45, 2.75) is 12.8 Å². The Kier molecular flexibility index (Phi) is 5.30. The van der Waals surface area contributed by atoms with Crippen molar-refractivity contribution in [3.63, 3.8) is 0 Å². The number of hydrogen-bond acceptors (Lipinski definition) is 3. The molecule has 0 bridgehead atoms. The van der Waals surface area contributed by atoms with Gasteiger partial charge in [0.15, 0.2) is 0 Å². The Balaban J connectivity index is 2.13. The molecule has 2 aromatic rings. The first-order valence-corrected chi connectivity index (χ1v) is 8.48. The Morgan fingerprint density at radius 1 is 1.04 bits per heavy atom. The van der Waals surface area contributed by atoms with Crippen LogP contribution in [0.5, 0.6) is 0 Å². The highest BCUT2D eigenvalue weighted by molar-refractivity contribution is 5.96. The molecule has 1 aliphatic carbocycles. The first-order valence-electron chi connectivity index (χ1n) is 8.48. The molecular weight excluding hydrogens is 320 g/mol. The normalized spacial score (nSPS) is 14.2. The Morgan fingerprint density at radius 2 is 1.58 bits per heavy atom. The van der Waals surface area contributed by atoms with Gasteiger partial charge in [-0.2, -0.15) is 0 Å². The van der Waals surface area contributed by atoms with Crippen LogP contribution in [-0.4, -0.2) is 10.9 Å². The molecule has 0 aromatic heterocycles. The van der Waals surface area contributed by atoms with E-state index in [2.05, 4.69) is 78.8 Å². The molecule has 0 aliphatic heterocycles. The molecule has 3 heteroatoms. The first kappa shape index (κ1) is 17.6. The molecule has 3 rings (SSSR count). The summed E-state index contributed by atoms with van der Waals surface area (Å²) in [5.74, 6) is 0.0510. The lowest BCUT2D eigenvalue weighted by Crippen LogP contribution is -2.13. The largest absolute Gasteiger partial charge is 0.291 e. The third-order valence-electron chi connectivity index (χ3n) is 4.58. The van der Waals surface area contributed by atoms with Gasteiger partial charge in [0.2, 0.25) is 0 Å². The number of benzene rings is 2. The van der Waals surface area contributed by atoms with Crippen LogP contribution in [0.3, 0.4) is 0 Å². The van der Waals surface area contributed by atoms with Crippen molar-refractivity contribution in [1.82, 2.24) is 5.48 Å². The Hall–Kier alpha value is -3.17. The van der Waals surface area contributed by atoms with Crippen LogP contribution in [0.15, 0.2) is 90.2 Å². The number of fused-ring (bicyclic) bond motifs is 2. The predicted octanol–water partition coefficient (Wildman–Crippen LogP) is 5.33. The van der Waals surface area contributed by atoms with E-state index in [4.69, 9.17) is 5.21 Å². The summed E-state index contributed by atoms with van der Waals surface area (Å²) in [4.78, 5) is 4.67. The van der Waals surface area contributed by atoms with Crippen molar-refractivity contribution in [2.24, 2.45) is 4.99 Å². The number of rotatable bonds is 5. The highest BCUT2D eigenvalue weighted by atomic mass is 16.5. The van der Waals surface area contributed by atoms with Crippen LogP contribution in [0.1, 0.15) is 35.1 Å². The molecule has 0 radical (unpaired) electrons. The summed E-state index contributed by atoms with van der Waals surface area (Å²) in [7, 11) is 0. The average Bonchev–Trinajstić information content (AvgIpc) is 2.85. The number of nitrogens with one attached hydrogen (secondary N) is 1. The fourth-order valence-electron chi connectivity index (χ4n) is 3.21. The van der Waals surface area contributed by atoms with Crippen molar-refractivity contribution in [3.05, 3.63) is 107 Å². The van der Waals surface area contributed by atoms with Gasteiger partial charge in [0.1, 0.15) is 0 Å². The van der Waals surface area contributed by atoms with Crippen LogP contribution in [0.4, 0.5) is 0 Å². The van der Waals surface area contributed by atoms with Gasteiger partial charge >= 0.3 is 0 Å². The summed E-state index contributed by atoms with van der Waals surface area (Å²) in [6.07, 6.45) is 7.60. The molecule has 2 N–H and O–H groups in total. The molecule has 0 unspecified atom stereocenters. The van der Waals surface area contributed by atoms with Gasteiger partial charge in [-0.15, -0.1) is 0 Å². The minimum absolute atomic E-state index is 0.0510. The molecule has 130 valence electrons. The van der Waals surface area contributed by atoms with E-state index in [0.717, 1.165) is 5.71 Å². The van der Waals surface area contributed by atoms with Gasteiger partial charge in [0.05, 0.1) is 5.70 Å². The van der Waals surface area contributed by atoms with E-state index in [0.29, 0.717) is 11.3 Å². The second kappa shape index (κ2) is 7.81. The monoisotopic (exact) mass is 342 g/mol. The van der Waals surface area contributed by atoms with Crippen molar-refractivity contribution >= 4 is 17.9 Å². The van der Waals surface area contributed by atoms with Gasteiger partial charge in [0.25, 0.3) is 0 Å². The number of aliphatic imine (C=N–C) groups is 1. The molecule has 3 nitrogen and oxygen atoms in total. The molecule has 0 heterocycles. The van der Waals surface area contributed by atoms with Gasteiger partial charge in [-0.3, -0.25) is 15.7 Å².